The molecule has 20 heteroatoms. The van der Waals surface area contributed by atoms with Gasteiger partial charge in [-0.05, 0) is 41.3 Å². The van der Waals surface area contributed by atoms with E-state index in [-0.39, 0.29) is 45.0 Å². The molecule has 0 spiro atoms. The van der Waals surface area contributed by atoms with Crippen LogP contribution in [-0.2, 0) is 28.7 Å². The number of fused-ring (bicyclic) bond motifs is 1. The van der Waals surface area contributed by atoms with E-state index in [4.69, 9.17) is 4.74 Å². The van der Waals surface area contributed by atoms with E-state index in [1.807, 2.05) is 12.1 Å². The monoisotopic (exact) mass is 887 g/mol. The Morgan fingerprint density at radius 1 is 0.844 bits per heavy atom. The molecule has 2 N–H and O–H groups in total. The van der Waals surface area contributed by atoms with Gasteiger partial charge in [-0.1, -0.05) is 103 Å². The highest BCUT2D eigenvalue weighted by Crippen LogP contribution is 2.51. The number of esters is 1. The summed E-state index contributed by atoms with van der Waals surface area (Å²) in [7, 11) is 0. The van der Waals surface area contributed by atoms with Gasteiger partial charge >= 0.3 is 29.8 Å². The first-order valence-electron chi connectivity index (χ1n) is 20.3. The number of carbonyl (C=O) groups is 7. The van der Waals surface area contributed by atoms with Crippen LogP contribution in [0.2, 0.25) is 0 Å². The van der Waals surface area contributed by atoms with Crippen molar-refractivity contribution in [1.29, 1.82) is 0 Å². The quantitative estimate of drug-likeness (QED) is 0.0495. The Labute approximate surface area is 370 Å². The van der Waals surface area contributed by atoms with Crippen LogP contribution in [0.5, 0.6) is 0 Å². The smallest absolute Gasteiger partial charge is 0.345 e. The molecule has 4 fully saturated rings. The highest BCUT2D eigenvalue weighted by atomic mass is 32.2. The molecular formula is C44H41N9O10S. The number of carbonyl (C=O) groups excluding carboxylic acids is 7. The van der Waals surface area contributed by atoms with Gasteiger partial charge in [0.25, 0.3) is 5.69 Å². The third-order valence-electron chi connectivity index (χ3n) is 11.4. The second-order valence-corrected chi connectivity index (χ2v) is 16.5. The average molecular weight is 888 g/mol. The zero-order chi connectivity index (χ0) is 45.1. The lowest BCUT2D eigenvalue weighted by molar-refractivity contribution is -0.384. The van der Waals surface area contributed by atoms with E-state index in [0.717, 1.165) is 21.7 Å². The van der Waals surface area contributed by atoms with Gasteiger partial charge in [0.1, 0.15) is 17.5 Å². The molecule has 4 aromatic rings. The number of thioether (sulfide) groups is 1. The normalized spacial score (nSPS) is 21.2. The lowest BCUT2D eigenvalue weighted by Gasteiger charge is -2.41. The lowest BCUT2D eigenvalue weighted by atomic mass is 10.0. The van der Waals surface area contributed by atoms with Crippen molar-refractivity contribution in [2.24, 2.45) is 5.10 Å². The third kappa shape index (κ3) is 8.21. The van der Waals surface area contributed by atoms with Crippen molar-refractivity contribution in [3.05, 3.63) is 148 Å². The number of amides is 8. The van der Waals surface area contributed by atoms with Gasteiger partial charge in [0.2, 0.25) is 16.7 Å². The summed E-state index contributed by atoms with van der Waals surface area (Å²) < 4.78 is 6.37. The van der Waals surface area contributed by atoms with Gasteiger partial charge in [0, 0.05) is 38.3 Å². The molecular weight excluding hydrogens is 847 g/mol. The van der Waals surface area contributed by atoms with Crippen LogP contribution in [0.25, 0.3) is 0 Å². The van der Waals surface area contributed by atoms with E-state index in [2.05, 4.69) is 15.7 Å². The molecule has 0 aromatic heterocycles. The summed E-state index contributed by atoms with van der Waals surface area (Å²) >= 11 is 0.967. The summed E-state index contributed by atoms with van der Waals surface area (Å²) in [5, 5.41) is 21.0. The van der Waals surface area contributed by atoms with Crippen LogP contribution >= 0.6 is 11.8 Å². The Morgan fingerprint density at radius 2 is 1.45 bits per heavy atom. The van der Waals surface area contributed by atoms with Gasteiger partial charge in [-0.3, -0.25) is 39.1 Å². The van der Waals surface area contributed by atoms with E-state index in [1.54, 1.807) is 85.8 Å². The first-order valence-corrected chi connectivity index (χ1v) is 21.2. The summed E-state index contributed by atoms with van der Waals surface area (Å²) in [5.74, 6) is -4.07. The zero-order valence-electron chi connectivity index (χ0n) is 34.2. The van der Waals surface area contributed by atoms with Crippen molar-refractivity contribution in [2.75, 3.05) is 39.3 Å². The first kappa shape index (κ1) is 43.1. The number of hydrazone groups is 1. The van der Waals surface area contributed by atoms with Gasteiger partial charge in [-0.15, -0.1) is 0 Å². The fraction of sp³-hybridized carbons (Fsp3) is 0.273. The standard InChI is InChI=1S/C44H41N9O10S/c1-2-48-22-23-49(39(57)38(48)56)42(59)47-33(29-12-6-3-7-13-29)36(54)46-34-37(55)50-27-44(64-40(34)50,41(58)63-35(30-14-8-4-9-15-30)31-16-10-5-11-17-31)51-24-25-52(43(51)60)45-26-28-18-20-32(21-19-28)53(61)62/h3-21,26,33-35,40H,2,22-25,27H2,1H3,(H,46,54)(H,47,59)/b45-26+/t33?,34-,40-,44-/m1/s1. The number of nitro groups is 1. The zero-order valence-corrected chi connectivity index (χ0v) is 35.0. The number of likely N-dealkylation sites (N-methyl/N-ethyl adjacent to an activating group) is 1. The summed E-state index contributed by atoms with van der Waals surface area (Å²) in [4.78, 5) is 110. The number of non-ortho nitro benzene ring substituents is 1. The first-order chi connectivity index (χ1) is 30.9. The Hall–Kier alpha value is -7.61. The molecule has 8 amide bonds. The molecule has 328 valence electrons. The molecule has 64 heavy (non-hydrogen) atoms. The second-order valence-electron chi connectivity index (χ2n) is 15.1. The van der Waals surface area contributed by atoms with E-state index < -0.39 is 75.0 Å². The molecule has 4 aliphatic rings. The summed E-state index contributed by atoms with van der Waals surface area (Å²) in [5.41, 5.74) is 1.99. The van der Waals surface area contributed by atoms with Gasteiger partial charge in [-0.25, -0.2) is 19.4 Å². The predicted molar refractivity (Wildman–Crippen MR) is 230 cm³/mol. The van der Waals surface area contributed by atoms with Crippen LogP contribution in [0.4, 0.5) is 15.3 Å². The average Bonchev–Trinajstić information content (AvgIpc) is 3.88. The molecule has 4 aromatic carbocycles. The Kier molecular flexibility index (Phi) is 12.1. The minimum Gasteiger partial charge on any atom is -0.450 e. The number of nitrogens with zero attached hydrogens (tertiary/aromatic N) is 7. The number of benzene rings is 4. The number of hydrogen-bond donors (Lipinski definition) is 2. The molecule has 0 saturated carbocycles. The number of imide groups is 1. The maximum Gasteiger partial charge on any atom is 0.345 e. The third-order valence-corrected chi connectivity index (χ3v) is 13.0. The van der Waals surface area contributed by atoms with Crippen molar-refractivity contribution in [3.8, 4) is 0 Å². The molecule has 0 bridgehead atoms. The summed E-state index contributed by atoms with van der Waals surface area (Å²) in [6, 6.07) is 27.5. The maximum absolute atomic E-state index is 15.0. The number of β-lactam (4-membered cyclic amide) rings is 1. The number of urea groups is 2. The van der Waals surface area contributed by atoms with Crippen LogP contribution in [-0.4, -0.2) is 133 Å². The molecule has 4 aliphatic heterocycles. The van der Waals surface area contributed by atoms with Crippen LogP contribution < -0.4 is 10.6 Å². The van der Waals surface area contributed by atoms with Crippen molar-refractivity contribution in [3.63, 3.8) is 0 Å². The number of nitro benzene ring substituents is 1. The topological polar surface area (TPSA) is 224 Å². The fourth-order valence-corrected chi connectivity index (χ4v) is 9.60. The minimum absolute atomic E-state index is 0.0124. The van der Waals surface area contributed by atoms with Crippen molar-refractivity contribution >= 4 is 65.3 Å². The maximum atomic E-state index is 15.0. The fourth-order valence-electron chi connectivity index (χ4n) is 7.92. The molecule has 0 radical (unpaired) electrons. The van der Waals surface area contributed by atoms with E-state index in [1.165, 1.54) is 45.2 Å². The van der Waals surface area contributed by atoms with Crippen molar-refractivity contribution < 1.29 is 43.2 Å². The van der Waals surface area contributed by atoms with E-state index >= 15 is 0 Å². The van der Waals surface area contributed by atoms with Gasteiger partial charge in [-0.2, -0.15) is 5.10 Å². The van der Waals surface area contributed by atoms with Crippen molar-refractivity contribution in [1.82, 2.24) is 35.2 Å². The number of ether oxygens (including phenoxy) is 1. The predicted octanol–water partition coefficient (Wildman–Crippen LogP) is 3.24. The number of piperazine rings is 1. The van der Waals surface area contributed by atoms with Crippen LogP contribution in [0, 0.1) is 10.1 Å². The minimum atomic E-state index is -1.84. The molecule has 1 unspecified atom stereocenters. The Bertz CT molecular complexity index is 2480. The molecule has 4 saturated heterocycles. The number of rotatable bonds is 13. The Balaban J connectivity index is 1.06. The highest BCUT2D eigenvalue weighted by Gasteiger charge is 2.67. The van der Waals surface area contributed by atoms with Gasteiger partial charge in [0.15, 0.2) is 6.10 Å². The number of nitrogens with one attached hydrogen (secondary N) is 2. The van der Waals surface area contributed by atoms with E-state index in [9.17, 15) is 43.7 Å². The number of hydrogen-bond acceptors (Lipinski definition) is 12. The highest BCUT2D eigenvalue weighted by molar-refractivity contribution is 8.02. The molecule has 4 atom stereocenters. The lowest BCUT2D eigenvalue weighted by Crippen LogP contribution is -2.68. The molecule has 8 rings (SSSR count). The van der Waals surface area contributed by atoms with Crippen molar-refractivity contribution in [2.45, 2.75) is 35.4 Å². The van der Waals surface area contributed by atoms with Gasteiger partial charge < -0.3 is 25.2 Å². The molecule has 4 heterocycles. The SMILES string of the molecule is CCN1CCN(C(=O)NC(C(=O)N[C@@H]2C(=O)N3C[C@@](C(=O)OC(c4ccccc4)c4ccccc4)(N4CCN(/N=C/c5ccc([N+](=O)[O-])cc5)C4=O)S[C@H]23)c2ccccc2)C(=O)C1=O. The Morgan fingerprint density at radius 3 is 2.05 bits per heavy atom. The van der Waals surface area contributed by atoms with E-state index in [0.29, 0.717) is 22.3 Å². The van der Waals surface area contributed by atoms with Crippen LogP contribution in [0.3, 0.4) is 0 Å². The largest absolute Gasteiger partial charge is 0.450 e. The van der Waals surface area contributed by atoms with Crippen LogP contribution in [0.1, 0.15) is 41.3 Å². The summed E-state index contributed by atoms with van der Waals surface area (Å²) in [6.45, 7) is 1.74. The summed E-state index contributed by atoms with van der Waals surface area (Å²) in [6.07, 6.45) is 0.449. The van der Waals surface area contributed by atoms with Gasteiger partial charge in [0.05, 0.1) is 24.2 Å². The van der Waals surface area contributed by atoms with Crippen LogP contribution in [0.15, 0.2) is 120 Å². The molecule has 0 aliphatic carbocycles. The second kappa shape index (κ2) is 18.0. The molecule has 19 nitrogen and oxygen atoms in total.